The number of rotatable bonds is 4. The number of para-hydroxylation sites is 1. The van der Waals surface area contributed by atoms with E-state index in [1.165, 1.54) is 12.0 Å². The zero-order valence-electron chi connectivity index (χ0n) is 14.7. The largest absolute Gasteiger partial charge is 0.310 e. The Bertz CT molecular complexity index is 729. The number of anilines is 1. The van der Waals surface area contributed by atoms with Crippen LogP contribution in [0.5, 0.6) is 0 Å². The molecule has 0 saturated carbocycles. The van der Waals surface area contributed by atoms with Crippen molar-refractivity contribution in [3.63, 3.8) is 0 Å². The van der Waals surface area contributed by atoms with Crippen molar-refractivity contribution < 1.29 is 4.79 Å². The third-order valence-corrected chi connectivity index (χ3v) is 5.52. The molecule has 1 fully saturated rings. The summed E-state index contributed by atoms with van der Waals surface area (Å²) in [7, 11) is 0. The molecule has 0 radical (unpaired) electrons. The normalized spacial score (nSPS) is 22.0. The summed E-state index contributed by atoms with van der Waals surface area (Å²) < 4.78 is 1.90. The first-order valence-electron chi connectivity index (χ1n) is 9.18. The van der Waals surface area contributed by atoms with Gasteiger partial charge < -0.3 is 4.90 Å². The standard InChI is InChI=1S/C19H25N5O/c1-15(19(25)24-10-8-17-6-2-3-7-18(17)24)22-9-4-5-16(11-22)12-23-14-20-13-21-23/h2-3,6-7,13-16H,4-5,8-12H2,1H3. The van der Waals surface area contributed by atoms with Gasteiger partial charge in [-0.1, -0.05) is 18.2 Å². The summed E-state index contributed by atoms with van der Waals surface area (Å²) >= 11 is 0. The molecule has 2 atom stereocenters. The van der Waals surface area contributed by atoms with Gasteiger partial charge in [-0.25, -0.2) is 4.98 Å². The van der Waals surface area contributed by atoms with Crippen molar-refractivity contribution in [2.45, 2.75) is 38.8 Å². The first kappa shape index (κ1) is 16.3. The third kappa shape index (κ3) is 3.31. The maximum atomic E-state index is 13.1. The van der Waals surface area contributed by atoms with Crippen LogP contribution in [0, 0.1) is 5.92 Å². The van der Waals surface area contributed by atoms with Crippen LogP contribution < -0.4 is 4.90 Å². The molecule has 1 aromatic heterocycles. The van der Waals surface area contributed by atoms with Crippen LogP contribution in [-0.4, -0.2) is 51.2 Å². The molecule has 1 aromatic carbocycles. The monoisotopic (exact) mass is 339 g/mol. The molecule has 1 saturated heterocycles. The van der Waals surface area contributed by atoms with E-state index in [-0.39, 0.29) is 11.9 Å². The number of hydrogen-bond acceptors (Lipinski definition) is 4. The van der Waals surface area contributed by atoms with Gasteiger partial charge in [0.05, 0.1) is 6.04 Å². The van der Waals surface area contributed by atoms with E-state index in [1.54, 1.807) is 12.7 Å². The lowest BCUT2D eigenvalue weighted by atomic mass is 9.96. The van der Waals surface area contributed by atoms with Crippen LogP contribution in [0.2, 0.25) is 0 Å². The van der Waals surface area contributed by atoms with E-state index in [0.717, 1.165) is 44.7 Å². The van der Waals surface area contributed by atoms with E-state index >= 15 is 0 Å². The molecular formula is C19H25N5O. The van der Waals surface area contributed by atoms with Gasteiger partial charge in [-0.2, -0.15) is 5.10 Å². The van der Waals surface area contributed by atoms with Gasteiger partial charge in [0.1, 0.15) is 12.7 Å². The Labute approximate surface area is 148 Å². The first-order chi connectivity index (χ1) is 12.2. The summed E-state index contributed by atoms with van der Waals surface area (Å²) in [6.45, 7) is 5.68. The average molecular weight is 339 g/mol. The van der Waals surface area contributed by atoms with Crippen molar-refractivity contribution in [3.05, 3.63) is 42.5 Å². The van der Waals surface area contributed by atoms with E-state index in [1.807, 2.05) is 15.6 Å². The molecule has 0 bridgehead atoms. The van der Waals surface area contributed by atoms with Crippen molar-refractivity contribution in [1.29, 1.82) is 0 Å². The zero-order valence-corrected chi connectivity index (χ0v) is 14.7. The molecule has 3 heterocycles. The molecule has 6 heteroatoms. The van der Waals surface area contributed by atoms with Crippen LogP contribution in [-0.2, 0) is 17.8 Å². The second kappa shape index (κ2) is 6.96. The molecule has 1 amide bonds. The zero-order chi connectivity index (χ0) is 17.2. The van der Waals surface area contributed by atoms with Gasteiger partial charge in [-0.15, -0.1) is 0 Å². The van der Waals surface area contributed by atoms with Crippen LogP contribution in [0.15, 0.2) is 36.9 Å². The Morgan fingerprint density at radius 2 is 2.20 bits per heavy atom. The van der Waals surface area contributed by atoms with E-state index in [4.69, 9.17) is 0 Å². The molecule has 2 aliphatic heterocycles. The quantitative estimate of drug-likeness (QED) is 0.855. The number of benzene rings is 1. The van der Waals surface area contributed by atoms with Gasteiger partial charge in [0.15, 0.2) is 0 Å². The number of carbonyl (C=O) groups excluding carboxylic acids is 1. The molecule has 2 unspecified atom stereocenters. The Hall–Kier alpha value is -2.21. The minimum Gasteiger partial charge on any atom is -0.310 e. The smallest absolute Gasteiger partial charge is 0.244 e. The second-order valence-electron chi connectivity index (χ2n) is 7.17. The van der Waals surface area contributed by atoms with Crippen molar-refractivity contribution in [1.82, 2.24) is 19.7 Å². The van der Waals surface area contributed by atoms with Gasteiger partial charge in [-0.3, -0.25) is 14.4 Å². The fourth-order valence-electron chi connectivity index (χ4n) is 4.14. The van der Waals surface area contributed by atoms with Gasteiger partial charge in [0.25, 0.3) is 0 Å². The third-order valence-electron chi connectivity index (χ3n) is 5.52. The topological polar surface area (TPSA) is 54.3 Å². The SMILES string of the molecule is CC(C(=O)N1CCc2ccccc21)N1CCCC(Cn2cncn2)C1. The number of aromatic nitrogens is 3. The highest BCUT2D eigenvalue weighted by atomic mass is 16.2. The Balaban J connectivity index is 1.42. The van der Waals surface area contributed by atoms with Gasteiger partial charge >= 0.3 is 0 Å². The Morgan fingerprint density at radius 3 is 3.04 bits per heavy atom. The Morgan fingerprint density at radius 1 is 1.32 bits per heavy atom. The molecule has 6 nitrogen and oxygen atoms in total. The van der Waals surface area contributed by atoms with Crippen LogP contribution >= 0.6 is 0 Å². The summed E-state index contributed by atoms with van der Waals surface area (Å²) in [5.74, 6) is 0.753. The summed E-state index contributed by atoms with van der Waals surface area (Å²) in [4.78, 5) is 21.4. The van der Waals surface area contributed by atoms with Crippen LogP contribution in [0.3, 0.4) is 0 Å². The molecule has 2 aromatic rings. The maximum absolute atomic E-state index is 13.1. The van der Waals surface area contributed by atoms with E-state index in [0.29, 0.717) is 5.92 Å². The fraction of sp³-hybridized carbons (Fsp3) is 0.526. The second-order valence-corrected chi connectivity index (χ2v) is 7.17. The van der Waals surface area contributed by atoms with Gasteiger partial charge in [0.2, 0.25) is 5.91 Å². The van der Waals surface area contributed by atoms with Crippen molar-refractivity contribution in [2.75, 3.05) is 24.5 Å². The number of hydrogen-bond donors (Lipinski definition) is 0. The number of fused-ring (bicyclic) bond motifs is 1. The summed E-state index contributed by atoms with van der Waals surface area (Å²) in [6.07, 6.45) is 6.63. The predicted octanol–water partition coefficient (Wildman–Crippen LogP) is 1.97. The summed E-state index contributed by atoms with van der Waals surface area (Å²) in [6, 6.07) is 8.18. The lowest BCUT2D eigenvalue weighted by molar-refractivity contribution is -0.123. The highest BCUT2D eigenvalue weighted by Gasteiger charge is 2.33. The number of likely N-dealkylation sites (tertiary alicyclic amines) is 1. The highest BCUT2D eigenvalue weighted by Crippen LogP contribution is 2.29. The van der Waals surface area contributed by atoms with Crippen LogP contribution in [0.1, 0.15) is 25.3 Å². The molecule has 132 valence electrons. The minimum atomic E-state index is -0.0790. The van der Waals surface area contributed by atoms with Crippen molar-refractivity contribution >= 4 is 11.6 Å². The molecule has 0 N–H and O–H groups in total. The minimum absolute atomic E-state index is 0.0790. The lowest BCUT2D eigenvalue weighted by Crippen LogP contribution is -2.50. The first-order valence-corrected chi connectivity index (χ1v) is 9.18. The average Bonchev–Trinajstić information content (AvgIpc) is 3.30. The van der Waals surface area contributed by atoms with Gasteiger partial charge in [-0.05, 0) is 50.3 Å². The van der Waals surface area contributed by atoms with E-state index in [2.05, 4.69) is 40.1 Å². The van der Waals surface area contributed by atoms with Crippen LogP contribution in [0.4, 0.5) is 5.69 Å². The summed E-state index contributed by atoms with van der Waals surface area (Å²) in [5.41, 5.74) is 2.38. The highest BCUT2D eigenvalue weighted by molar-refractivity contribution is 5.98. The molecule has 2 aliphatic rings. The van der Waals surface area contributed by atoms with Crippen LogP contribution in [0.25, 0.3) is 0 Å². The predicted molar refractivity (Wildman–Crippen MR) is 96.3 cm³/mol. The lowest BCUT2D eigenvalue weighted by Gasteiger charge is -2.37. The number of piperidine rings is 1. The molecular weight excluding hydrogens is 314 g/mol. The maximum Gasteiger partial charge on any atom is 0.244 e. The molecule has 0 spiro atoms. The Kier molecular flexibility index (Phi) is 4.53. The van der Waals surface area contributed by atoms with Crippen molar-refractivity contribution in [2.24, 2.45) is 5.92 Å². The van der Waals surface area contributed by atoms with E-state index in [9.17, 15) is 4.79 Å². The number of amides is 1. The fourth-order valence-corrected chi connectivity index (χ4v) is 4.14. The number of carbonyl (C=O) groups is 1. The van der Waals surface area contributed by atoms with Crippen molar-refractivity contribution in [3.8, 4) is 0 Å². The molecule has 0 aliphatic carbocycles. The molecule has 4 rings (SSSR count). The molecule has 25 heavy (non-hydrogen) atoms. The summed E-state index contributed by atoms with van der Waals surface area (Å²) in [5, 5.41) is 4.22. The number of nitrogens with zero attached hydrogens (tertiary/aromatic N) is 5. The van der Waals surface area contributed by atoms with Gasteiger partial charge in [0, 0.05) is 25.3 Å². The van der Waals surface area contributed by atoms with E-state index < -0.39 is 0 Å².